The van der Waals surface area contributed by atoms with Crippen molar-refractivity contribution >= 4 is 46.6 Å². The highest BCUT2D eigenvalue weighted by atomic mass is 15.1. The van der Waals surface area contributed by atoms with E-state index in [1.54, 1.807) is 0 Å². The van der Waals surface area contributed by atoms with Gasteiger partial charge in [0.25, 0.3) is 0 Å². The molecule has 0 aromatic heterocycles. The molecule has 0 aliphatic carbocycles. The summed E-state index contributed by atoms with van der Waals surface area (Å²) in [6.07, 6.45) is 3.77. The van der Waals surface area contributed by atoms with Gasteiger partial charge in [0.05, 0.1) is 11.4 Å². The van der Waals surface area contributed by atoms with Crippen molar-refractivity contribution in [3.8, 4) is 0 Å². The molecule has 5 nitrogen and oxygen atoms in total. The largest absolute Gasteiger partial charge is 0.378 e. The molecule has 0 radical (unpaired) electrons. The molecule has 0 aliphatic heterocycles. The number of rotatable bonds is 8. The van der Waals surface area contributed by atoms with E-state index in [9.17, 15) is 0 Å². The maximum atomic E-state index is 4.58. The van der Waals surface area contributed by atoms with Crippen molar-refractivity contribution in [2.45, 2.75) is 0 Å². The topological polar surface area (TPSA) is 43.2 Å². The van der Waals surface area contributed by atoms with Gasteiger partial charge in [0, 0.05) is 63.4 Å². The van der Waals surface area contributed by atoms with Gasteiger partial charge < -0.3 is 15.1 Å². The summed E-state index contributed by atoms with van der Waals surface area (Å²) in [6.45, 7) is 0. The van der Waals surface area contributed by atoms with E-state index in [0.717, 1.165) is 33.9 Å². The molecule has 176 valence electrons. The molecular formula is C30H31N5. The average Bonchev–Trinajstić information content (AvgIpc) is 2.88. The third-order valence-electron chi connectivity index (χ3n) is 5.57. The second kappa shape index (κ2) is 11.2. The Hall–Kier alpha value is -4.38. The summed E-state index contributed by atoms with van der Waals surface area (Å²) >= 11 is 0. The van der Waals surface area contributed by atoms with Crippen LogP contribution in [0.25, 0.3) is 0 Å². The Kier molecular flexibility index (Phi) is 7.58. The fourth-order valence-corrected chi connectivity index (χ4v) is 3.44. The van der Waals surface area contributed by atoms with Crippen LogP contribution in [0.3, 0.4) is 0 Å². The molecule has 0 fully saturated rings. The van der Waals surface area contributed by atoms with Crippen molar-refractivity contribution in [1.82, 2.24) is 0 Å². The molecule has 35 heavy (non-hydrogen) atoms. The zero-order chi connectivity index (χ0) is 24.6. The van der Waals surface area contributed by atoms with Crippen LogP contribution in [-0.4, -0.2) is 40.6 Å². The summed E-state index contributed by atoms with van der Waals surface area (Å²) in [5.41, 5.74) is 8.34. The van der Waals surface area contributed by atoms with Crippen molar-refractivity contribution in [3.05, 3.63) is 108 Å². The number of anilines is 4. The highest BCUT2D eigenvalue weighted by molar-refractivity contribution is 5.83. The van der Waals surface area contributed by atoms with E-state index < -0.39 is 0 Å². The fraction of sp³-hybridized carbons (Fsp3) is 0.133. The number of aliphatic imine (C=N–C) groups is 2. The summed E-state index contributed by atoms with van der Waals surface area (Å²) in [5.74, 6) is 0. The van der Waals surface area contributed by atoms with Crippen molar-refractivity contribution in [3.63, 3.8) is 0 Å². The van der Waals surface area contributed by atoms with Crippen molar-refractivity contribution in [2.75, 3.05) is 43.3 Å². The van der Waals surface area contributed by atoms with E-state index in [1.807, 2.05) is 89.2 Å². The lowest BCUT2D eigenvalue weighted by molar-refractivity contribution is 1.13. The maximum Gasteiger partial charge on any atom is 0.0631 e. The van der Waals surface area contributed by atoms with Gasteiger partial charge in [0.15, 0.2) is 0 Å². The molecule has 0 bridgehead atoms. The van der Waals surface area contributed by atoms with E-state index in [1.165, 1.54) is 11.4 Å². The molecule has 0 heterocycles. The Bertz CT molecular complexity index is 1170. The molecule has 0 saturated heterocycles. The lowest BCUT2D eigenvalue weighted by atomic mass is 10.2. The van der Waals surface area contributed by atoms with E-state index >= 15 is 0 Å². The molecule has 4 aromatic carbocycles. The average molecular weight is 462 g/mol. The Labute approximate surface area is 208 Å². The predicted octanol–water partition coefficient (Wildman–Crippen LogP) is 7.06. The van der Waals surface area contributed by atoms with Crippen LogP contribution in [-0.2, 0) is 0 Å². The fourth-order valence-electron chi connectivity index (χ4n) is 3.44. The molecule has 1 N–H and O–H groups in total. The predicted molar refractivity (Wildman–Crippen MR) is 152 cm³/mol. The molecule has 4 aromatic rings. The number of hydrogen-bond donors (Lipinski definition) is 1. The third kappa shape index (κ3) is 6.81. The van der Waals surface area contributed by atoms with Crippen molar-refractivity contribution in [1.29, 1.82) is 0 Å². The van der Waals surface area contributed by atoms with E-state index in [4.69, 9.17) is 0 Å². The van der Waals surface area contributed by atoms with Crippen molar-refractivity contribution in [2.24, 2.45) is 9.98 Å². The minimum Gasteiger partial charge on any atom is -0.378 e. The van der Waals surface area contributed by atoms with Crippen LogP contribution in [0, 0.1) is 0 Å². The summed E-state index contributed by atoms with van der Waals surface area (Å²) in [7, 11) is 8.14. The second-order valence-corrected chi connectivity index (χ2v) is 8.71. The van der Waals surface area contributed by atoms with E-state index in [2.05, 4.69) is 73.6 Å². The quantitative estimate of drug-likeness (QED) is 0.286. The molecule has 0 spiro atoms. The van der Waals surface area contributed by atoms with Crippen LogP contribution in [0.2, 0.25) is 0 Å². The number of hydrogen-bond acceptors (Lipinski definition) is 5. The zero-order valence-corrected chi connectivity index (χ0v) is 20.7. The standard InChI is InChI=1S/C30H31N5/c1-34(2)29-17-5-23(6-18-29)21-31-25-9-13-27(14-10-25)33-28-15-11-26(12-16-28)32-22-24-7-19-30(20-8-24)35(3)4/h5-22,33H,1-4H3. The lowest BCUT2D eigenvalue weighted by Crippen LogP contribution is -2.08. The van der Waals surface area contributed by atoms with Gasteiger partial charge in [0.1, 0.15) is 0 Å². The smallest absolute Gasteiger partial charge is 0.0631 e. The van der Waals surface area contributed by atoms with Crippen LogP contribution >= 0.6 is 0 Å². The van der Waals surface area contributed by atoms with Crippen LogP contribution in [0.4, 0.5) is 34.1 Å². The van der Waals surface area contributed by atoms with Crippen LogP contribution in [0.1, 0.15) is 11.1 Å². The SMILES string of the molecule is CN(C)c1ccc(C=Nc2ccc(Nc3ccc(N=Cc4ccc(N(C)C)cc4)cc3)cc2)cc1. The minimum atomic E-state index is 0.913. The van der Waals surface area contributed by atoms with Crippen LogP contribution < -0.4 is 15.1 Å². The van der Waals surface area contributed by atoms with Gasteiger partial charge in [-0.15, -0.1) is 0 Å². The Balaban J connectivity index is 1.33. The highest BCUT2D eigenvalue weighted by Crippen LogP contribution is 2.23. The van der Waals surface area contributed by atoms with Crippen LogP contribution in [0.15, 0.2) is 107 Å². The van der Waals surface area contributed by atoms with Gasteiger partial charge in [-0.25, -0.2) is 0 Å². The first-order chi connectivity index (χ1) is 17.0. The van der Waals surface area contributed by atoms with Crippen molar-refractivity contribution < 1.29 is 0 Å². The molecule has 0 aliphatic rings. The normalized spacial score (nSPS) is 11.2. The Morgan fingerprint density at radius 1 is 0.486 bits per heavy atom. The van der Waals surface area contributed by atoms with E-state index in [-0.39, 0.29) is 0 Å². The number of benzene rings is 4. The zero-order valence-electron chi connectivity index (χ0n) is 20.7. The lowest BCUT2D eigenvalue weighted by Gasteiger charge is -2.11. The molecule has 0 amide bonds. The van der Waals surface area contributed by atoms with Gasteiger partial charge in [-0.3, -0.25) is 9.98 Å². The van der Waals surface area contributed by atoms with Gasteiger partial charge in [-0.05, 0) is 83.9 Å². The summed E-state index contributed by atoms with van der Waals surface area (Å²) in [6, 6.07) is 32.8. The van der Waals surface area contributed by atoms with Gasteiger partial charge in [-0.1, -0.05) is 24.3 Å². The molecular weight excluding hydrogens is 430 g/mol. The second-order valence-electron chi connectivity index (χ2n) is 8.71. The minimum absolute atomic E-state index is 0.913. The molecule has 5 heteroatoms. The Morgan fingerprint density at radius 3 is 1.14 bits per heavy atom. The van der Waals surface area contributed by atoms with Crippen LogP contribution in [0.5, 0.6) is 0 Å². The first kappa shape index (κ1) is 23.8. The Morgan fingerprint density at radius 2 is 0.829 bits per heavy atom. The molecule has 0 atom stereocenters. The maximum absolute atomic E-state index is 4.58. The first-order valence-corrected chi connectivity index (χ1v) is 11.6. The monoisotopic (exact) mass is 461 g/mol. The molecule has 4 rings (SSSR count). The molecule has 0 saturated carbocycles. The van der Waals surface area contributed by atoms with Gasteiger partial charge in [-0.2, -0.15) is 0 Å². The number of nitrogens with zero attached hydrogens (tertiary/aromatic N) is 4. The molecule has 0 unspecified atom stereocenters. The summed E-state index contributed by atoms with van der Waals surface area (Å²) in [5, 5.41) is 3.43. The first-order valence-electron chi connectivity index (χ1n) is 11.6. The summed E-state index contributed by atoms with van der Waals surface area (Å²) in [4.78, 5) is 13.3. The van der Waals surface area contributed by atoms with Gasteiger partial charge >= 0.3 is 0 Å². The van der Waals surface area contributed by atoms with Gasteiger partial charge in [0.2, 0.25) is 0 Å². The number of nitrogens with one attached hydrogen (secondary N) is 1. The van der Waals surface area contributed by atoms with E-state index in [0.29, 0.717) is 0 Å². The third-order valence-corrected chi connectivity index (χ3v) is 5.57. The summed E-state index contributed by atoms with van der Waals surface area (Å²) < 4.78 is 0. The highest BCUT2D eigenvalue weighted by Gasteiger charge is 1.98.